The molecule has 0 aliphatic carbocycles. The van der Waals surface area contributed by atoms with Gasteiger partial charge >= 0.3 is 0 Å². The predicted molar refractivity (Wildman–Crippen MR) is 117 cm³/mol. The summed E-state index contributed by atoms with van der Waals surface area (Å²) in [5, 5.41) is 11.5. The minimum Gasteiger partial charge on any atom is -0.278 e. The molecule has 7 nitrogen and oxygen atoms in total. The average molecular weight is 418 g/mol. The Kier molecular flexibility index (Phi) is 5.24. The maximum absolute atomic E-state index is 13.4. The van der Waals surface area contributed by atoms with Crippen LogP contribution in [0.3, 0.4) is 0 Å². The van der Waals surface area contributed by atoms with E-state index in [9.17, 15) is 14.9 Å². The molecular formula is C22H18N4O3S. The summed E-state index contributed by atoms with van der Waals surface area (Å²) in [5.41, 5.74) is 4.07. The summed E-state index contributed by atoms with van der Waals surface area (Å²) in [6, 6.07) is 15.2. The number of aryl methyl sites for hydroxylation is 2. The Labute approximate surface area is 176 Å². The second-order valence-corrected chi connectivity index (χ2v) is 7.92. The van der Waals surface area contributed by atoms with Crippen molar-refractivity contribution < 1.29 is 9.72 Å². The van der Waals surface area contributed by atoms with Gasteiger partial charge in [-0.25, -0.2) is 4.98 Å². The van der Waals surface area contributed by atoms with Crippen LogP contribution in [0.1, 0.15) is 27.2 Å². The number of anilines is 1. The Morgan fingerprint density at radius 1 is 1.13 bits per heavy atom. The highest BCUT2D eigenvalue weighted by Crippen LogP contribution is 2.33. The molecule has 30 heavy (non-hydrogen) atoms. The summed E-state index contributed by atoms with van der Waals surface area (Å²) in [6.07, 6.45) is 1.68. The first kappa shape index (κ1) is 19.7. The number of hydrogen-bond acceptors (Lipinski definition) is 6. The standard InChI is InChI=1S/C22H18N4O3S/c1-14-11-15(2)20-19(12-14)24-22(30-20)25(13-17-5-3-4-10-23-17)21(27)16-6-8-18(9-7-16)26(28)29/h3-12H,13H2,1-2H3. The third-order valence-corrected chi connectivity index (χ3v) is 5.89. The molecule has 0 aliphatic heterocycles. The van der Waals surface area contributed by atoms with Gasteiger partial charge in [0, 0.05) is 23.9 Å². The molecule has 8 heteroatoms. The van der Waals surface area contributed by atoms with Gasteiger partial charge in [0.2, 0.25) is 0 Å². The van der Waals surface area contributed by atoms with Crippen molar-refractivity contribution in [2.45, 2.75) is 20.4 Å². The van der Waals surface area contributed by atoms with E-state index < -0.39 is 4.92 Å². The topological polar surface area (TPSA) is 89.2 Å². The van der Waals surface area contributed by atoms with Gasteiger partial charge in [-0.2, -0.15) is 0 Å². The molecule has 150 valence electrons. The number of aromatic nitrogens is 2. The third-order valence-electron chi connectivity index (χ3n) is 4.66. The van der Waals surface area contributed by atoms with Crippen LogP contribution in [-0.4, -0.2) is 20.8 Å². The lowest BCUT2D eigenvalue weighted by molar-refractivity contribution is -0.384. The fourth-order valence-corrected chi connectivity index (χ4v) is 4.26. The van der Waals surface area contributed by atoms with Gasteiger partial charge in [-0.05, 0) is 55.3 Å². The summed E-state index contributed by atoms with van der Waals surface area (Å²) < 4.78 is 1.03. The molecule has 4 rings (SSSR count). The first-order valence-corrected chi connectivity index (χ1v) is 10.1. The molecule has 2 heterocycles. The second-order valence-electron chi connectivity index (χ2n) is 6.94. The maximum atomic E-state index is 13.4. The van der Waals surface area contributed by atoms with Gasteiger partial charge in [-0.3, -0.25) is 24.8 Å². The number of fused-ring (bicyclic) bond motifs is 1. The van der Waals surface area contributed by atoms with Crippen LogP contribution in [0.2, 0.25) is 0 Å². The van der Waals surface area contributed by atoms with E-state index in [4.69, 9.17) is 4.98 Å². The number of carbonyl (C=O) groups is 1. The number of benzene rings is 2. The van der Waals surface area contributed by atoms with Gasteiger partial charge < -0.3 is 0 Å². The lowest BCUT2D eigenvalue weighted by Gasteiger charge is -2.19. The molecule has 0 saturated carbocycles. The maximum Gasteiger partial charge on any atom is 0.269 e. The molecule has 0 fully saturated rings. The van der Waals surface area contributed by atoms with Crippen molar-refractivity contribution in [1.82, 2.24) is 9.97 Å². The summed E-state index contributed by atoms with van der Waals surface area (Å²) in [7, 11) is 0. The van der Waals surface area contributed by atoms with Crippen LogP contribution in [0.5, 0.6) is 0 Å². The lowest BCUT2D eigenvalue weighted by Crippen LogP contribution is -2.30. The molecule has 0 unspecified atom stereocenters. The molecule has 0 N–H and O–H groups in total. The molecular weight excluding hydrogens is 400 g/mol. The molecule has 0 bridgehead atoms. The number of nitro benzene ring substituents is 1. The van der Waals surface area contributed by atoms with Gasteiger partial charge in [-0.1, -0.05) is 23.5 Å². The quantitative estimate of drug-likeness (QED) is 0.334. The van der Waals surface area contributed by atoms with E-state index in [0.717, 1.165) is 27.0 Å². The van der Waals surface area contributed by atoms with E-state index in [0.29, 0.717) is 10.7 Å². The van der Waals surface area contributed by atoms with Crippen LogP contribution >= 0.6 is 11.3 Å². The van der Waals surface area contributed by atoms with Gasteiger partial charge in [0.15, 0.2) is 5.13 Å². The van der Waals surface area contributed by atoms with Crippen LogP contribution in [0, 0.1) is 24.0 Å². The van der Waals surface area contributed by atoms with E-state index >= 15 is 0 Å². The van der Waals surface area contributed by atoms with Crippen molar-refractivity contribution >= 4 is 38.3 Å². The normalized spacial score (nSPS) is 10.9. The van der Waals surface area contributed by atoms with Crippen LogP contribution in [0.4, 0.5) is 10.8 Å². The smallest absolute Gasteiger partial charge is 0.269 e. The number of carbonyl (C=O) groups excluding carboxylic acids is 1. The zero-order valence-electron chi connectivity index (χ0n) is 16.4. The fraction of sp³-hybridized carbons (Fsp3) is 0.136. The highest BCUT2D eigenvalue weighted by molar-refractivity contribution is 7.22. The number of hydrogen-bond donors (Lipinski definition) is 0. The summed E-state index contributed by atoms with van der Waals surface area (Å²) in [6.45, 7) is 4.28. The van der Waals surface area contributed by atoms with Gasteiger partial charge in [0.25, 0.3) is 11.6 Å². The molecule has 1 amide bonds. The Balaban J connectivity index is 1.77. The zero-order chi connectivity index (χ0) is 21.3. The van der Waals surface area contributed by atoms with Crippen LogP contribution in [0.15, 0.2) is 60.8 Å². The van der Waals surface area contributed by atoms with Crippen molar-refractivity contribution in [3.8, 4) is 0 Å². The zero-order valence-corrected chi connectivity index (χ0v) is 17.2. The molecule has 2 aromatic heterocycles. The molecule has 0 atom stereocenters. The van der Waals surface area contributed by atoms with E-state index in [1.807, 2.05) is 38.1 Å². The number of nitrogens with zero attached hydrogens (tertiary/aromatic N) is 4. The lowest BCUT2D eigenvalue weighted by atomic mass is 10.1. The number of pyridine rings is 1. The summed E-state index contributed by atoms with van der Waals surface area (Å²) >= 11 is 1.45. The highest BCUT2D eigenvalue weighted by atomic mass is 32.1. The van der Waals surface area contributed by atoms with Crippen LogP contribution in [-0.2, 0) is 6.54 Å². The van der Waals surface area contributed by atoms with E-state index in [2.05, 4.69) is 11.1 Å². The van der Waals surface area contributed by atoms with Gasteiger partial charge in [0.1, 0.15) is 0 Å². The fourth-order valence-electron chi connectivity index (χ4n) is 3.24. The van der Waals surface area contributed by atoms with E-state index in [1.54, 1.807) is 11.1 Å². The third kappa shape index (κ3) is 3.90. The monoisotopic (exact) mass is 418 g/mol. The molecule has 0 spiro atoms. The number of nitro groups is 1. The van der Waals surface area contributed by atoms with E-state index in [1.165, 1.54) is 35.6 Å². The Morgan fingerprint density at radius 3 is 2.57 bits per heavy atom. The first-order valence-electron chi connectivity index (χ1n) is 9.26. The number of amides is 1. The van der Waals surface area contributed by atoms with Crippen LogP contribution in [0.25, 0.3) is 10.2 Å². The molecule has 0 radical (unpaired) electrons. The number of thiazole rings is 1. The van der Waals surface area contributed by atoms with Crippen molar-refractivity contribution in [1.29, 1.82) is 0 Å². The Hall–Kier alpha value is -3.65. The molecule has 2 aromatic carbocycles. The minimum absolute atomic E-state index is 0.0612. The van der Waals surface area contributed by atoms with Gasteiger partial charge in [0.05, 0.1) is 27.4 Å². The second kappa shape index (κ2) is 8.00. The van der Waals surface area contributed by atoms with Crippen molar-refractivity contribution in [3.05, 3.63) is 93.3 Å². The average Bonchev–Trinajstić information content (AvgIpc) is 3.16. The number of non-ortho nitro benzene ring substituents is 1. The van der Waals surface area contributed by atoms with Crippen molar-refractivity contribution in [2.75, 3.05) is 4.90 Å². The SMILES string of the molecule is Cc1cc(C)c2sc(N(Cc3ccccn3)C(=O)c3ccc([N+](=O)[O-])cc3)nc2c1. The predicted octanol–water partition coefficient (Wildman–Crippen LogP) is 5.06. The first-order chi connectivity index (χ1) is 14.4. The highest BCUT2D eigenvalue weighted by Gasteiger charge is 2.23. The molecule has 0 saturated heterocycles. The van der Waals surface area contributed by atoms with Crippen molar-refractivity contribution in [2.24, 2.45) is 0 Å². The Bertz CT molecular complexity index is 1240. The van der Waals surface area contributed by atoms with Crippen molar-refractivity contribution in [3.63, 3.8) is 0 Å². The molecule has 4 aromatic rings. The molecule has 0 aliphatic rings. The largest absolute Gasteiger partial charge is 0.278 e. The summed E-state index contributed by atoms with van der Waals surface area (Å²) in [4.78, 5) is 34.4. The van der Waals surface area contributed by atoms with Crippen LogP contribution < -0.4 is 4.90 Å². The van der Waals surface area contributed by atoms with Gasteiger partial charge in [-0.15, -0.1) is 0 Å². The Morgan fingerprint density at radius 2 is 1.90 bits per heavy atom. The summed E-state index contributed by atoms with van der Waals surface area (Å²) in [5.74, 6) is -0.288. The minimum atomic E-state index is -0.488. The number of rotatable bonds is 5. The van der Waals surface area contributed by atoms with E-state index in [-0.39, 0.29) is 18.1 Å².